The quantitative estimate of drug-likeness (QED) is 0.369. The zero-order valence-electron chi connectivity index (χ0n) is 9.75. The minimum Gasteiger partial charge on any atom is -0.381 e. The number of hydrogen-bond donors (Lipinski definition) is 3. The van der Waals surface area contributed by atoms with E-state index in [4.69, 9.17) is 10.5 Å². The number of nitrogens with one attached hydrogen (secondary N) is 2. The van der Waals surface area contributed by atoms with Gasteiger partial charge in [0.25, 0.3) is 0 Å². The van der Waals surface area contributed by atoms with Gasteiger partial charge in [-0.1, -0.05) is 6.92 Å². The van der Waals surface area contributed by atoms with Gasteiger partial charge in [-0.3, -0.25) is 9.59 Å². The maximum absolute atomic E-state index is 11.1. The van der Waals surface area contributed by atoms with E-state index in [-0.39, 0.29) is 0 Å². The lowest BCUT2D eigenvalue weighted by molar-refractivity contribution is -0.139. The summed E-state index contributed by atoms with van der Waals surface area (Å²) in [4.78, 5) is 22.2. The van der Waals surface area contributed by atoms with Crippen molar-refractivity contribution in [3.05, 3.63) is 0 Å². The van der Waals surface area contributed by atoms with Crippen LogP contribution >= 0.6 is 0 Å². The molecule has 0 spiro atoms. The van der Waals surface area contributed by atoms with Gasteiger partial charge in [-0.25, -0.2) is 0 Å². The van der Waals surface area contributed by atoms with Crippen molar-refractivity contribution in [2.45, 2.75) is 19.8 Å². The fourth-order valence-corrected chi connectivity index (χ4v) is 0.969. The van der Waals surface area contributed by atoms with Gasteiger partial charge in [0.05, 0.1) is 0 Å². The number of carbonyl (C=O) groups excluding carboxylic acids is 2. The fraction of sp³-hybridized carbons (Fsp3) is 0.800. The maximum Gasteiger partial charge on any atom is 0.309 e. The normalized spacial score (nSPS) is 9.88. The third kappa shape index (κ3) is 8.19. The van der Waals surface area contributed by atoms with E-state index in [2.05, 4.69) is 10.6 Å². The zero-order chi connectivity index (χ0) is 12.2. The summed E-state index contributed by atoms with van der Waals surface area (Å²) in [5.41, 5.74) is 5.18. The molecule has 4 N–H and O–H groups in total. The van der Waals surface area contributed by atoms with E-state index >= 15 is 0 Å². The topological polar surface area (TPSA) is 93.4 Å². The standard InChI is InChI=1S/C10H21N3O3/c1-2-7-16-8-3-5-12-9(14)10(15)13-6-4-11/h2-8,11H2,1H3,(H,12,14)(H,13,15). The van der Waals surface area contributed by atoms with Gasteiger partial charge in [0.2, 0.25) is 0 Å². The Morgan fingerprint density at radius 2 is 1.75 bits per heavy atom. The number of amides is 2. The Balaban J connectivity index is 3.39. The molecule has 0 unspecified atom stereocenters. The molecule has 0 rings (SSSR count). The first-order valence-electron chi connectivity index (χ1n) is 5.56. The van der Waals surface area contributed by atoms with E-state index in [1.165, 1.54) is 0 Å². The number of rotatable bonds is 8. The highest BCUT2D eigenvalue weighted by Gasteiger charge is 2.10. The molecule has 2 amide bonds. The lowest BCUT2D eigenvalue weighted by Crippen LogP contribution is -2.42. The molecule has 0 saturated carbocycles. The first-order valence-corrected chi connectivity index (χ1v) is 5.56. The highest BCUT2D eigenvalue weighted by atomic mass is 16.5. The van der Waals surface area contributed by atoms with Gasteiger partial charge in [0, 0.05) is 32.8 Å². The molecule has 0 atom stereocenters. The third-order valence-corrected chi connectivity index (χ3v) is 1.74. The van der Waals surface area contributed by atoms with E-state index in [0.29, 0.717) is 32.7 Å². The maximum atomic E-state index is 11.1. The molecule has 0 aliphatic rings. The second kappa shape index (κ2) is 10.4. The molecule has 0 aromatic heterocycles. The van der Waals surface area contributed by atoms with Crippen LogP contribution in [-0.4, -0.2) is 44.7 Å². The Morgan fingerprint density at radius 1 is 1.12 bits per heavy atom. The molecule has 16 heavy (non-hydrogen) atoms. The van der Waals surface area contributed by atoms with Crippen molar-refractivity contribution in [2.75, 3.05) is 32.8 Å². The summed E-state index contributed by atoms with van der Waals surface area (Å²) in [6, 6.07) is 0. The van der Waals surface area contributed by atoms with Gasteiger partial charge in [-0.2, -0.15) is 0 Å². The average molecular weight is 231 g/mol. The lowest BCUT2D eigenvalue weighted by atomic mass is 10.4. The van der Waals surface area contributed by atoms with Gasteiger partial charge in [-0.05, 0) is 12.8 Å². The predicted octanol–water partition coefficient (Wildman–Crippen LogP) is -1.01. The number of nitrogens with two attached hydrogens (primary N) is 1. The molecule has 6 nitrogen and oxygen atoms in total. The van der Waals surface area contributed by atoms with Crippen molar-refractivity contribution in [2.24, 2.45) is 5.73 Å². The van der Waals surface area contributed by atoms with Crippen LogP contribution in [0.15, 0.2) is 0 Å². The van der Waals surface area contributed by atoms with Crippen LogP contribution in [-0.2, 0) is 14.3 Å². The molecule has 0 aliphatic carbocycles. The summed E-state index contributed by atoms with van der Waals surface area (Å²) in [7, 11) is 0. The molecule has 0 bridgehead atoms. The third-order valence-electron chi connectivity index (χ3n) is 1.74. The van der Waals surface area contributed by atoms with E-state index in [1.807, 2.05) is 6.92 Å². The van der Waals surface area contributed by atoms with Gasteiger partial charge in [0.15, 0.2) is 0 Å². The summed E-state index contributed by atoms with van der Waals surface area (Å²) in [5.74, 6) is -1.26. The van der Waals surface area contributed by atoms with Crippen molar-refractivity contribution in [1.82, 2.24) is 10.6 Å². The van der Waals surface area contributed by atoms with E-state index < -0.39 is 11.8 Å². The fourth-order valence-electron chi connectivity index (χ4n) is 0.969. The summed E-state index contributed by atoms with van der Waals surface area (Å²) in [6.45, 7) is 4.43. The predicted molar refractivity (Wildman–Crippen MR) is 60.8 cm³/mol. The minimum atomic E-state index is -0.639. The summed E-state index contributed by atoms with van der Waals surface area (Å²) < 4.78 is 5.22. The van der Waals surface area contributed by atoms with Gasteiger partial charge < -0.3 is 21.1 Å². The Kier molecular flexibility index (Phi) is 9.64. The van der Waals surface area contributed by atoms with E-state index in [1.54, 1.807) is 0 Å². The second-order valence-electron chi connectivity index (χ2n) is 3.27. The average Bonchev–Trinajstić information content (AvgIpc) is 2.30. The lowest BCUT2D eigenvalue weighted by Gasteiger charge is -2.05. The van der Waals surface area contributed by atoms with Crippen molar-refractivity contribution in [3.8, 4) is 0 Å². The van der Waals surface area contributed by atoms with E-state index in [0.717, 1.165) is 13.0 Å². The molecule has 0 aromatic rings. The molecule has 0 aliphatic heterocycles. The Bertz CT molecular complexity index is 209. The molecule has 94 valence electrons. The highest BCUT2D eigenvalue weighted by Crippen LogP contribution is 1.83. The van der Waals surface area contributed by atoms with Crippen LogP contribution in [0.1, 0.15) is 19.8 Å². The zero-order valence-corrected chi connectivity index (χ0v) is 9.75. The molecule has 0 aromatic carbocycles. The van der Waals surface area contributed by atoms with Gasteiger partial charge in [-0.15, -0.1) is 0 Å². The minimum absolute atomic E-state index is 0.311. The van der Waals surface area contributed by atoms with Crippen LogP contribution in [0.2, 0.25) is 0 Å². The summed E-state index contributed by atoms with van der Waals surface area (Å²) >= 11 is 0. The highest BCUT2D eigenvalue weighted by molar-refractivity contribution is 6.35. The Labute approximate surface area is 95.9 Å². The van der Waals surface area contributed by atoms with Crippen LogP contribution in [0.4, 0.5) is 0 Å². The number of ether oxygens (including phenoxy) is 1. The molecule has 0 heterocycles. The van der Waals surface area contributed by atoms with Crippen LogP contribution in [0.3, 0.4) is 0 Å². The van der Waals surface area contributed by atoms with Gasteiger partial charge >= 0.3 is 11.8 Å². The molecule has 0 saturated heterocycles. The SMILES string of the molecule is CCCOCCCNC(=O)C(=O)NCCN. The number of carbonyl (C=O) groups is 2. The Morgan fingerprint density at radius 3 is 2.31 bits per heavy atom. The molecular weight excluding hydrogens is 210 g/mol. The smallest absolute Gasteiger partial charge is 0.309 e. The molecule has 0 radical (unpaired) electrons. The van der Waals surface area contributed by atoms with E-state index in [9.17, 15) is 9.59 Å². The molecule has 0 fully saturated rings. The summed E-state index contributed by atoms with van der Waals surface area (Å²) in [6.07, 6.45) is 1.68. The monoisotopic (exact) mass is 231 g/mol. The van der Waals surface area contributed by atoms with Gasteiger partial charge in [0.1, 0.15) is 0 Å². The second-order valence-corrected chi connectivity index (χ2v) is 3.27. The first-order chi connectivity index (χ1) is 7.72. The van der Waals surface area contributed by atoms with Crippen molar-refractivity contribution >= 4 is 11.8 Å². The van der Waals surface area contributed by atoms with Crippen LogP contribution < -0.4 is 16.4 Å². The van der Waals surface area contributed by atoms with Crippen LogP contribution in [0.25, 0.3) is 0 Å². The van der Waals surface area contributed by atoms with Crippen molar-refractivity contribution < 1.29 is 14.3 Å². The van der Waals surface area contributed by atoms with Crippen LogP contribution in [0, 0.1) is 0 Å². The van der Waals surface area contributed by atoms with Crippen molar-refractivity contribution in [1.29, 1.82) is 0 Å². The Hall–Kier alpha value is -1.14. The largest absolute Gasteiger partial charge is 0.381 e. The van der Waals surface area contributed by atoms with Crippen molar-refractivity contribution in [3.63, 3.8) is 0 Å². The first kappa shape index (κ1) is 14.9. The molecule has 6 heteroatoms. The van der Waals surface area contributed by atoms with Crippen LogP contribution in [0.5, 0.6) is 0 Å². The molecular formula is C10H21N3O3. The number of hydrogen-bond acceptors (Lipinski definition) is 4. The summed E-state index contributed by atoms with van der Waals surface area (Å²) in [5, 5.41) is 4.88.